The number of halogens is 3. The number of rotatable bonds is 3. The number of morpholine rings is 1. The van der Waals surface area contributed by atoms with Gasteiger partial charge in [-0.15, -0.1) is 0 Å². The molecule has 0 spiro atoms. The second kappa shape index (κ2) is 6.94. The molecule has 2 aromatic heterocycles. The fourth-order valence-corrected chi connectivity index (χ4v) is 3.34. The van der Waals surface area contributed by atoms with E-state index < -0.39 is 11.9 Å². The van der Waals surface area contributed by atoms with Gasteiger partial charge < -0.3 is 9.30 Å². The maximum Gasteiger partial charge on any atom is 0.433 e. The molecule has 3 heterocycles. The molecule has 1 atom stereocenters. The number of alkyl halides is 3. The summed E-state index contributed by atoms with van der Waals surface area (Å²) in [4.78, 5) is 10.0. The second-order valence-corrected chi connectivity index (χ2v) is 6.75. The lowest BCUT2D eigenvalue weighted by Crippen LogP contribution is -2.37. The third kappa shape index (κ3) is 3.81. The number of benzene rings is 1. The zero-order chi connectivity index (χ0) is 19.0. The molecule has 0 radical (unpaired) electrons. The van der Waals surface area contributed by atoms with Crippen molar-refractivity contribution in [1.82, 2.24) is 19.4 Å². The zero-order valence-electron chi connectivity index (χ0n) is 14.8. The quantitative estimate of drug-likeness (QED) is 0.701. The minimum absolute atomic E-state index is 0.0829. The topological polar surface area (TPSA) is 43.2 Å². The van der Waals surface area contributed by atoms with Gasteiger partial charge in [0.1, 0.15) is 5.69 Å². The van der Waals surface area contributed by atoms with E-state index in [1.807, 2.05) is 23.7 Å². The van der Waals surface area contributed by atoms with E-state index in [1.165, 1.54) is 12.3 Å². The third-order valence-corrected chi connectivity index (χ3v) is 4.79. The smallest absolute Gasteiger partial charge is 0.371 e. The van der Waals surface area contributed by atoms with Crippen LogP contribution in [0.15, 0.2) is 42.9 Å². The number of aromatic nitrogens is 3. The van der Waals surface area contributed by atoms with Crippen molar-refractivity contribution in [3.05, 3.63) is 59.7 Å². The highest BCUT2D eigenvalue weighted by Gasteiger charge is 2.32. The van der Waals surface area contributed by atoms with Gasteiger partial charge in [0.2, 0.25) is 0 Å². The number of ether oxygens (including phenoxy) is 1. The molecule has 3 aromatic rings. The Bertz CT molecular complexity index is 936. The molecule has 5 nitrogen and oxygen atoms in total. The maximum absolute atomic E-state index is 12.6. The largest absolute Gasteiger partial charge is 0.433 e. The number of imidazole rings is 1. The predicted molar refractivity (Wildman–Crippen MR) is 93.9 cm³/mol. The molecule has 1 aliphatic heterocycles. The van der Waals surface area contributed by atoms with Crippen LogP contribution in [0, 0.1) is 0 Å². The van der Waals surface area contributed by atoms with Crippen LogP contribution in [0.5, 0.6) is 0 Å². The Morgan fingerprint density at radius 1 is 1.19 bits per heavy atom. The van der Waals surface area contributed by atoms with Crippen molar-refractivity contribution in [2.24, 2.45) is 7.05 Å². The molecular formula is C19H19F3N4O. The second-order valence-electron chi connectivity index (χ2n) is 6.75. The summed E-state index contributed by atoms with van der Waals surface area (Å²) in [6.45, 7) is 2.51. The van der Waals surface area contributed by atoms with Crippen molar-refractivity contribution >= 4 is 11.0 Å². The van der Waals surface area contributed by atoms with E-state index in [1.54, 1.807) is 6.33 Å². The first-order chi connectivity index (χ1) is 12.9. The molecule has 27 heavy (non-hydrogen) atoms. The Morgan fingerprint density at radius 3 is 2.78 bits per heavy atom. The summed E-state index contributed by atoms with van der Waals surface area (Å²) in [5.41, 5.74) is 2.94. The van der Waals surface area contributed by atoms with E-state index >= 15 is 0 Å². The van der Waals surface area contributed by atoms with Gasteiger partial charge in [-0.2, -0.15) is 13.2 Å². The average Bonchev–Trinajstić information content (AvgIpc) is 3.02. The van der Waals surface area contributed by atoms with Crippen molar-refractivity contribution in [3.63, 3.8) is 0 Å². The van der Waals surface area contributed by atoms with Gasteiger partial charge in [0.15, 0.2) is 0 Å². The van der Waals surface area contributed by atoms with Crippen molar-refractivity contribution in [1.29, 1.82) is 0 Å². The summed E-state index contributed by atoms with van der Waals surface area (Å²) < 4.78 is 45.8. The van der Waals surface area contributed by atoms with Crippen molar-refractivity contribution in [2.45, 2.75) is 18.8 Å². The van der Waals surface area contributed by atoms with Gasteiger partial charge in [-0.3, -0.25) is 9.88 Å². The lowest BCUT2D eigenvalue weighted by molar-refractivity contribution is -0.141. The lowest BCUT2D eigenvalue weighted by atomic mass is 10.1. The number of aryl methyl sites for hydroxylation is 1. The van der Waals surface area contributed by atoms with Gasteiger partial charge in [-0.25, -0.2) is 4.98 Å². The van der Waals surface area contributed by atoms with Crippen molar-refractivity contribution in [3.8, 4) is 0 Å². The first-order valence-electron chi connectivity index (χ1n) is 8.67. The highest BCUT2D eigenvalue weighted by Crippen LogP contribution is 2.28. The summed E-state index contributed by atoms with van der Waals surface area (Å²) in [7, 11) is 1.95. The summed E-state index contributed by atoms with van der Waals surface area (Å²) in [6, 6.07) is 8.59. The predicted octanol–water partition coefficient (Wildman–Crippen LogP) is 3.56. The van der Waals surface area contributed by atoms with E-state index in [-0.39, 0.29) is 6.10 Å². The lowest BCUT2D eigenvalue weighted by Gasteiger charge is -2.33. The molecule has 0 bridgehead atoms. The molecule has 8 heteroatoms. The fraction of sp³-hybridized carbons (Fsp3) is 0.368. The van der Waals surface area contributed by atoms with Crippen molar-refractivity contribution in [2.75, 3.05) is 19.7 Å². The molecule has 4 rings (SSSR count). The molecule has 1 aromatic carbocycles. The van der Waals surface area contributed by atoms with Crippen LogP contribution in [0.2, 0.25) is 0 Å². The molecule has 1 fully saturated rings. The van der Waals surface area contributed by atoms with Gasteiger partial charge in [0.05, 0.1) is 30.1 Å². The molecule has 0 N–H and O–H groups in total. The van der Waals surface area contributed by atoms with Crippen LogP contribution in [-0.4, -0.2) is 39.1 Å². The van der Waals surface area contributed by atoms with Crippen LogP contribution in [0.3, 0.4) is 0 Å². The molecular weight excluding hydrogens is 357 g/mol. The molecule has 1 unspecified atom stereocenters. The third-order valence-electron chi connectivity index (χ3n) is 4.79. The van der Waals surface area contributed by atoms with Crippen LogP contribution < -0.4 is 0 Å². The van der Waals surface area contributed by atoms with E-state index in [9.17, 15) is 13.2 Å². The number of pyridine rings is 1. The minimum atomic E-state index is -4.41. The van der Waals surface area contributed by atoms with Gasteiger partial charge in [-0.1, -0.05) is 12.1 Å². The number of hydrogen-bond donors (Lipinski definition) is 0. The van der Waals surface area contributed by atoms with Crippen LogP contribution in [0.25, 0.3) is 11.0 Å². The van der Waals surface area contributed by atoms with Crippen molar-refractivity contribution < 1.29 is 17.9 Å². The monoisotopic (exact) mass is 376 g/mol. The molecule has 0 aliphatic carbocycles. The number of hydrogen-bond acceptors (Lipinski definition) is 4. The first-order valence-corrected chi connectivity index (χ1v) is 8.67. The first kappa shape index (κ1) is 17.9. The summed E-state index contributed by atoms with van der Waals surface area (Å²) in [5.74, 6) is 0. The molecule has 0 saturated carbocycles. The summed E-state index contributed by atoms with van der Waals surface area (Å²) >= 11 is 0. The minimum Gasteiger partial charge on any atom is -0.371 e. The fourth-order valence-electron chi connectivity index (χ4n) is 3.34. The van der Waals surface area contributed by atoms with Crippen LogP contribution in [0.1, 0.15) is 22.9 Å². The Balaban J connectivity index is 1.46. The Hall–Kier alpha value is -2.45. The Labute approximate surface area is 154 Å². The number of fused-ring (bicyclic) bond motifs is 1. The van der Waals surface area contributed by atoms with Gasteiger partial charge >= 0.3 is 6.18 Å². The van der Waals surface area contributed by atoms with Gasteiger partial charge in [0, 0.05) is 32.9 Å². The molecule has 1 aliphatic rings. The molecule has 142 valence electrons. The van der Waals surface area contributed by atoms with Gasteiger partial charge in [0.25, 0.3) is 0 Å². The van der Waals surface area contributed by atoms with E-state index in [2.05, 4.69) is 20.9 Å². The maximum atomic E-state index is 12.6. The van der Waals surface area contributed by atoms with E-state index in [4.69, 9.17) is 4.74 Å². The number of nitrogens with zero attached hydrogens (tertiary/aromatic N) is 4. The Morgan fingerprint density at radius 2 is 2.04 bits per heavy atom. The summed E-state index contributed by atoms with van der Waals surface area (Å²) in [5, 5.41) is 0. The Kier molecular flexibility index (Phi) is 4.61. The molecule has 0 amide bonds. The highest BCUT2D eigenvalue weighted by atomic mass is 19.4. The summed E-state index contributed by atoms with van der Waals surface area (Å²) in [6.07, 6.45) is -1.41. The standard InChI is InChI=1S/C19H19F3N4O/c1-25-12-24-15-4-3-14(8-16(15)25)17-11-26(6-7-27-17)10-13-2-5-18(23-9-13)19(20,21)22/h2-5,8-9,12,17H,6-7,10-11H2,1H3. The van der Waals surface area contributed by atoms with E-state index in [0.717, 1.165) is 34.8 Å². The highest BCUT2D eigenvalue weighted by molar-refractivity contribution is 5.76. The van der Waals surface area contributed by atoms with Crippen LogP contribution in [-0.2, 0) is 24.5 Å². The molecule has 1 saturated heterocycles. The van der Waals surface area contributed by atoms with Crippen LogP contribution in [0.4, 0.5) is 13.2 Å². The zero-order valence-corrected chi connectivity index (χ0v) is 14.8. The van der Waals surface area contributed by atoms with E-state index in [0.29, 0.717) is 19.7 Å². The van der Waals surface area contributed by atoms with Gasteiger partial charge in [-0.05, 0) is 29.3 Å². The van der Waals surface area contributed by atoms with Crippen LogP contribution >= 0.6 is 0 Å². The SMILES string of the molecule is Cn1cnc2ccc(C3CN(Cc4ccc(C(F)(F)F)nc4)CCO3)cc21. The average molecular weight is 376 g/mol. The normalized spacial score (nSPS) is 18.9.